The fraction of sp³-hybridized carbons (Fsp3) is 0.500. The first-order valence-corrected chi connectivity index (χ1v) is 6.12. The SMILES string of the molecule is CC(C)Cc1ccc(C2=NOC(CO)C2)cc1. The number of hydrogen-bond acceptors (Lipinski definition) is 3. The molecule has 1 aliphatic rings. The standard InChI is InChI=1S/C14H19NO2/c1-10(2)7-11-3-5-12(6-4-11)14-8-13(9-16)17-15-14/h3-6,10,13,16H,7-9H2,1-2H3. The summed E-state index contributed by atoms with van der Waals surface area (Å²) in [5.41, 5.74) is 3.37. The van der Waals surface area contributed by atoms with Crippen molar-refractivity contribution in [3.63, 3.8) is 0 Å². The van der Waals surface area contributed by atoms with E-state index in [4.69, 9.17) is 9.94 Å². The lowest BCUT2D eigenvalue weighted by atomic mass is 9.99. The van der Waals surface area contributed by atoms with Crippen LogP contribution in [0.4, 0.5) is 0 Å². The van der Waals surface area contributed by atoms with Crippen LogP contribution < -0.4 is 0 Å². The predicted molar refractivity (Wildman–Crippen MR) is 68.1 cm³/mol. The van der Waals surface area contributed by atoms with Crippen LogP contribution in [0.15, 0.2) is 29.4 Å². The van der Waals surface area contributed by atoms with Gasteiger partial charge in [0.15, 0.2) is 6.10 Å². The monoisotopic (exact) mass is 233 g/mol. The van der Waals surface area contributed by atoms with Crippen molar-refractivity contribution in [2.24, 2.45) is 11.1 Å². The molecule has 0 fully saturated rings. The first kappa shape index (κ1) is 12.1. The van der Waals surface area contributed by atoms with E-state index in [0.29, 0.717) is 12.3 Å². The normalized spacial score (nSPS) is 19.3. The van der Waals surface area contributed by atoms with E-state index in [1.807, 2.05) is 0 Å². The van der Waals surface area contributed by atoms with Crippen molar-refractivity contribution in [3.8, 4) is 0 Å². The van der Waals surface area contributed by atoms with Gasteiger partial charge in [0.05, 0.1) is 12.3 Å². The van der Waals surface area contributed by atoms with Crippen LogP contribution in [-0.4, -0.2) is 23.5 Å². The molecular formula is C14H19NO2. The molecule has 1 N–H and O–H groups in total. The summed E-state index contributed by atoms with van der Waals surface area (Å²) >= 11 is 0. The second-order valence-electron chi connectivity index (χ2n) is 4.95. The second kappa shape index (κ2) is 5.32. The fourth-order valence-corrected chi connectivity index (χ4v) is 2.00. The Kier molecular flexibility index (Phi) is 3.79. The number of nitrogens with zero attached hydrogens (tertiary/aromatic N) is 1. The lowest BCUT2D eigenvalue weighted by Crippen LogP contribution is -2.12. The summed E-state index contributed by atoms with van der Waals surface area (Å²) < 4.78 is 0. The molecule has 0 radical (unpaired) electrons. The summed E-state index contributed by atoms with van der Waals surface area (Å²) in [5.74, 6) is 0.673. The summed E-state index contributed by atoms with van der Waals surface area (Å²) in [7, 11) is 0. The van der Waals surface area contributed by atoms with Gasteiger partial charge in [-0.15, -0.1) is 0 Å². The lowest BCUT2D eigenvalue weighted by molar-refractivity contribution is 0.0390. The molecule has 1 aromatic carbocycles. The average molecular weight is 233 g/mol. The molecule has 0 saturated carbocycles. The Hall–Kier alpha value is -1.35. The van der Waals surface area contributed by atoms with Crippen LogP contribution >= 0.6 is 0 Å². The van der Waals surface area contributed by atoms with E-state index < -0.39 is 0 Å². The number of hydrogen-bond donors (Lipinski definition) is 1. The molecule has 1 unspecified atom stereocenters. The van der Waals surface area contributed by atoms with Crippen LogP contribution in [0.5, 0.6) is 0 Å². The van der Waals surface area contributed by atoms with E-state index in [1.165, 1.54) is 5.56 Å². The lowest BCUT2D eigenvalue weighted by Gasteiger charge is -2.06. The highest BCUT2D eigenvalue weighted by Gasteiger charge is 2.20. The van der Waals surface area contributed by atoms with Crippen molar-refractivity contribution in [2.75, 3.05) is 6.61 Å². The predicted octanol–water partition coefficient (Wildman–Crippen LogP) is 2.37. The van der Waals surface area contributed by atoms with Crippen LogP contribution in [0, 0.1) is 5.92 Å². The Morgan fingerprint density at radius 2 is 2.06 bits per heavy atom. The molecule has 1 aromatic rings. The average Bonchev–Trinajstić information content (AvgIpc) is 2.78. The van der Waals surface area contributed by atoms with Gasteiger partial charge in [-0.05, 0) is 23.5 Å². The number of aliphatic hydroxyl groups is 1. The zero-order valence-corrected chi connectivity index (χ0v) is 10.4. The summed E-state index contributed by atoms with van der Waals surface area (Å²) in [6.45, 7) is 4.46. The first-order valence-electron chi connectivity index (χ1n) is 6.12. The summed E-state index contributed by atoms with van der Waals surface area (Å²) in [4.78, 5) is 5.10. The Morgan fingerprint density at radius 1 is 1.35 bits per heavy atom. The van der Waals surface area contributed by atoms with Crippen LogP contribution in [0.25, 0.3) is 0 Å². The van der Waals surface area contributed by atoms with Crippen molar-refractivity contribution in [1.82, 2.24) is 0 Å². The molecule has 3 nitrogen and oxygen atoms in total. The van der Waals surface area contributed by atoms with Crippen molar-refractivity contribution >= 4 is 5.71 Å². The highest BCUT2D eigenvalue weighted by molar-refractivity contribution is 6.01. The molecule has 0 saturated heterocycles. The van der Waals surface area contributed by atoms with Crippen LogP contribution in [0.1, 0.15) is 31.4 Å². The van der Waals surface area contributed by atoms with Gasteiger partial charge in [0, 0.05) is 6.42 Å². The van der Waals surface area contributed by atoms with Crippen LogP contribution in [0.2, 0.25) is 0 Å². The van der Waals surface area contributed by atoms with Gasteiger partial charge < -0.3 is 9.94 Å². The minimum absolute atomic E-state index is 0.0262. The molecule has 0 amide bonds. The third-order valence-electron chi connectivity index (χ3n) is 2.87. The zero-order chi connectivity index (χ0) is 12.3. The van der Waals surface area contributed by atoms with E-state index in [9.17, 15) is 0 Å². The quantitative estimate of drug-likeness (QED) is 0.867. The van der Waals surface area contributed by atoms with Gasteiger partial charge in [0.25, 0.3) is 0 Å². The topological polar surface area (TPSA) is 41.8 Å². The molecule has 1 aliphatic heterocycles. The molecule has 3 heteroatoms. The molecule has 1 atom stereocenters. The second-order valence-corrected chi connectivity index (χ2v) is 4.95. The molecule has 1 heterocycles. The van der Waals surface area contributed by atoms with Gasteiger partial charge in [-0.1, -0.05) is 43.3 Å². The van der Waals surface area contributed by atoms with Crippen LogP contribution in [0.3, 0.4) is 0 Å². The van der Waals surface area contributed by atoms with E-state index in [2.05, 4.69) is 43.3 Å². The van der Waals surface area contributed by atoms with E-state index in [-0.39, 0.29) is 12.7 Å². The number of benzene rings is 1. The van der Waals surface area contributed by atoms with Gasteiger partial charge >= 0.3 is 0 Å². The highest BCUT2D eigenvalue weighted by atomic mass is 16.6. The van der Waals surface area contributed by atoms with E-state index in [0.717, 1.165) is 17.7 Å². The Morgan fingerprint density at radius 3 is 2.59 bits per heavy atom. The maximum Gasteiger partial charge on any atom is 0.156 e. The summed E-state index contributed by atoms with van der Waals surface area (Å²) in [5, 5.41) is 13.0. The maximum atomic E-state index is 8.98. The summed E-state index contributed by atoms with van der Waals surface area (Å²) in [6.07, 6.45) is 1.63. The Balaban J connectivity index is 2.03. The van der Waals surface area contributed by atoms with Crippen molar-refractivity contribution in [2.45, 2.75) is 32.8 Å². The van der Waals surface area contributed by atoms with Gasteiger partial charge in [0.1, 0.15) is 0 Å². The molecular weight excluding hydrogens is 214 g/mol. The van der Waals surface area contributed by atoms with Crippen molar-refractivity contribution in [3.05, 3.63) is 35.4 Å². The number of rotatable bonds is 4. The van der Waals surface area contributed by atoms with Crippen molar-refractivity contribution in [1.29, 1.82) is 0 Å². The smallest absolute Gasteiger partial charge is 0.156 e. The Labute approximate surface area is 102 Å². The molecule has 2 rings (SSSR count). The van der Waals surface area contributed by atoms with Crippen molar-refractivity contribution < 1.29 is 9.94 Å². The third-order valence-corrected chi connectivity index (χ3v) is 2.87. The molecule has 17 heavy (non-hydrogen) atoms. The number of aliphatic hydroxyl groups excluding tert-OH is 1. The minimum Gasteiger partial charge on any atom is -0.392 e. The van der Waals surface area contributed by atoms with Gasteiger partial charge in [-0.25, -0.2) is 0 Å². The molecule has 92 valence electrons. The Bertz CT molecular complexity index is 395. The molecule has 0 spiro atoms. The molecule has 0 aromatic heterocycles. The van der Waals surface area contributed by atoms with E-state index >= 15 is 0 Å². The fourth-order valence-electron chi connectivity index (χ4n) is 2.00. The van der Waals surface area contributed by atoms with E-state index in [1.54, 1.807) is 0 Å². The minimum atomic E-state index is -0.166. The zero-order valence-electron chi connectivity index (χ0n) is 10.4. The third kappa shape index (κ3) is 3.07. The molecule has 0 bridgehead atoms. The number of oxime groups is 1. The van der Waals surface area contributed by atoms with Crippen LogP contribution in [-0.2, 0) is 11.3 Å². The van der Waals surface area contributed by atoms with Gasteiger partial charge in [-0.2, -0.15) is 0 Å². The van der Waals surface area contributed by atoms with Gasteiger partial charge in [-0.3, -0.25) is 0 Å². The first-order chi connectivity index (χ1) is 8.19. The largest absolute Gasteiger partial charge is 0.392 e. The maximum absolute atomic E-state index is 8.98. The molecule has 0 aliphatic carbocycles. The van der Waals surface area contributed by atoms with Gasteiger partial charge in [0.2, 0.25) is 0 Å². The summed E-state index contributed by atoms with van der Waals surface area (Å²) in [6, 6.07) is 8.45. The highest BCUT2D eigenvalue weighted by Crippen LogP contribution is 2.17.